The first-order valence-corrected chi connectivity index (χ1v) is 9.35. The molecule has 1 saturated heterocycles. The summed E-state index contributed by atoms with van der Waals surface area (Å²) in [5.74, 6) is -0.444. The molecule has 0 aromatic heterocycles. The molecule has 3 rings (SSSR count). The number of phenolic OH excluding ortho intramolecular Hbond substituents is 1. The van der Waals surface area contributed by atoms with E-state index in [0.29, 0.717) is 42.8 Å². The number of benzene rings is 2. The lowest BCUT2D eigenvalue weighted by atomic mass is 10.0. The van der Waals surface area contributed by atoms with Gasteiger partial charge in [0.05, 0.1) is 30.7 Å². The van der Waals surface area contributed by atoms with Crippen molar-refractivity contribution >= 4 is 32.4 Å². The molecule has 0 radical (unpaired) electrons. The van der Waals surface area contributed by atoms with Crippen molar-refractivity contribution in [2.45, 2.75) is 0 Å². The second-order valence-corrected chi connectivity index (χ2v) is 7.42. The first-order chi connectivity index (χ1) is 11.3. The molecule has 0 atom stereocenters. The molecule has 0 spiro atoms. The third kappa shape index (κ3) is 3.44. The molecule has 24 heavy (non-hydrogen) atoms. The van der Waals surface area contributed by atoms with Crippen molar-refractivity contribution in [3.63, 3.8) is 0 Å². The van der Waals surface area contributed by atoms with Gasteiger partial charge < -0.3 is 14.7 Å². The summed E-state index contributed by atoms with van der Waals surface area (Å²) in [6, 6.07) is 8.05. The number of amides is 1. The summed E-state index contributed by atoms with van der Waals surface area (Å²) in [6.07, 6.45) is 1.06. The monoisotopic (exact) mass is 350 g/mol. The zero-order valence-corrected chi connectivity index (χ0v) is 14.0. The summed E-state index contributed by atoms with van der Waals surface area (Å²) >= 11 is 0. The molecule has 2 aromatic carbocycles. The van der Waals surface area contributed by atoms with Gasteiger partial charge >= 0.3 is 0 Å². The molecule has 1 heterocycles. The number of hydrogen-bond donors (Lipinski definition) is 2. The third-order valence-electron chi connectivity index (χ3n) is 3.82. The van der Waals surface area contributed by atoms with Gasteiger partial charge in [-0.3, -0.25) is 9.52 Å². The average Bonchev–Trinajstić information content (AvgIpc) is 2.54. The Kier molecular flexibility index (Phi) is 4.33. The largest absolute Gasteiger partial charge is 0.507 e. The van der Waals surface area contributed by atoms with Crippen molar-refractivity contribution < 1.29 is 23.1 Å². The molecular weight excluding hydrogens is 332 g/mol. The normalized spacial score (nSPS) is 15.5. The highest BCUT2D eigenvalue weighted by Gasteiger charge is 2.22. The first kappa shape index (κ1) is 16.5. The number of hydrogen-bond acceptors (Lipinski definition) is 5. The number of phenols is 1. The number of morpholine rings is 1. The Morgan fingerprint density at radius 1 is 1.25 bits per heavy atom. The van der Waals surface area contributed by atoms with Crippen LogP contribution in [0.15, 0.2) is 30.3 Å². The molecule has 2 aromatic rings. The standard InChI is InChI=1S/C16H18N2O5S/c1-24(21,22)17-14-4-2-3-11-9-13(15(19)10-12(11)14)16(20)18-5-7-23-8-6-18/h2-4,9-10,17,19H,5-8H2,1H3. The highest BCUT2D eigenvalue weighted by Crippen LogP contribution is 2.31. The maximum absolute atomic E-state index is 12.6. The van der Waals surface area contributed by atoms with Gasteiger partial charge in [-0.05, 0) is 23.6 Å². The summed E-state index contributed by atoms with van der Waals surface area (Å²) in [4.78, 5) is 14.2. The van der Waals surface area contributed by atoms with Crippen LogP contribution >= 0.6 is 0 Å². The van der Waals surface area contributed by atoms with Crippen LogP contribution in [0.2, 0.25) is 0 Å². The minimum absolute atomic E-state index is 0.179. The number of carbonyl (C=O) groups is 1. The number of anilines is 1. The van der Waals surface area contributed by atoms with Crippen molar-refractivity contribution in [3.8, 4) is 5.75 Å². The number of nitrogens with zero attached hydrogens (tertiary/aromatic N) is 1. The second kappa shape index (κ2) is 6.29. The Morgan fingerprint density at radius 3 is 2.62 bits per heavy atom. The average molecular weight is 350 g/mol. The molecule has 8 heteroatoms. The molecule has 128 valence electrons. The van der Waals surface area contributed by atoms with E-state index in [-0.39, 0.29) is 17.2 Å². The van der Waals surface area contributed by atoms with Crippen LogP contribution in [0.3, 0.4) is 0 Å². The van der Waals surface area contributed by atoms with Crippen LogP contribution < -0.4 is 4.72 Å². The van der Waals surface area contributed by atoms with Crippen LogP contribution in [0.4, 0.5) is 5.69 Å². The van der Waals surface area contributed by atoms with Gasteiger partial charge in [-0.25, -0.2) is 8.42 Å². The van der Waals surface area contributed by atoms with Gasteiger partial charge in [-0.1, -0.05) is 12.1 Å². The molecule has 1 fully saturated rings. The van der Waals surface area contributed by atoms with E-state index in [2.05, 4.69) is 4.72 Å². The number of aromatic hydroxyl groups is 1. The van der Waals surface area contributed by atoms with Crippen molar-refractivity contribution in [2.75, 3.05) is 37.3 Å². The minimum atomic E-state index is -3.45. The lowest BCUT2D eigenvalue weighted by molar-refractivity contribution is 0.0301. The van der Waals surface area contributed by atoms with Gasteiger partial charge in [0.15, 0.2) is 0 Å². The summed E-state index contributed by atoms with van der Waals surface area (Å²) in [5.41, 5.74) is 0.552. The van der Waals surface area contributed by atoms with Gasteiger partial charge in [-0.2, -0.15) is 0 Å². The number of ether oxygens (including phenoxy) is 1. The Balaban J connectivity index is 2.03. The van der Waals surface area contributed by atoms with E-state index in [4.69, 9.17) is 4.74 Å². The first-order valence-electron chi connectivity index (χ1n) is 7.46. The zero-order chi connectivity index (χ0) is 17.3. The minimum Gasteiger partial charge on any atom is -0.507 e. The lowest BCUT2D eigenvalue weighted by Gasteiger charge is -2.27. The number of nitrogens with one attached hydrogen (secondary N) is 1. The van der Waals surface area contributed by atoms with Gasteiger partial charge in [0.2, 0.25) is 10.0 Å². The number of rotatable bonds is 3. The topological polar surface area (TPSA) is 95.9 Å². The third-order valence-corrected chi connectivity index (χ3v) is 4.41. The summed E-state index contributed by atoms with van der Waals surface area (Å²) in [6.45, 7) is 1.91. The van der Waals surface area contributed by atoms with Gasteiger partial charge in [-0.15, -0.1) is 0 Å². The molecule has 1 amide bonds. The van der Waals surface area contributed by atoms with Gasteiger partial charge in [0, 0.05) is 18.5 Å². The van der Waals surface area contributed by atoms with Crippen LogP contribution in [0.5, 0.6) is 5.75 Å². The van der Waals surface area contributed by atoms with E-state index in [9.17, 15) is 18.3 Å². The van der Waals surface area contributed by atoms with Crippen LogP contribution in [0.1, 0.15) is 10.4 Å². The van der Waals surface area contributed by atoms with Crippen molar-refractivity contribution in [1.82, 2.24) is 4.90 Å². The summed E-state index contributed by atoms with van der Waals surface area (Å²) in [5, 5.41) is 11.5. The van der Waals surface area contributed by atoms with E-state index in [1.165, 1.54) is 6.07 Å². The second-order valence-electron chi connectivity index (χ2n) is 5.67. The fourth-order valence-corrected chi connectivity index (χ4v) is 3.29. The van der Waals surface area contributed by atoms with E-state index in [0.717, 1.165) is 6.26 Å². The van der Waals surface area contributed by atoms with E-state index < -0.39 is 10.0 Å². The molecule has 0 unspecified atom stereocenters. The maximum Gasteiger partial charge on any atom is 0.257 e. The van der Waals surface area contributed by atoms with Crippen LogP contribution in [0, 0.1) is 0 Å². The Bertz CT molecular complexity index is 889. The highest BCUT2D eigenvalue weighted by atomic mass is 32.2. The lowest BCUT2D eigenvalue weighted by Crippen LogP contribution is -2.40. The molecule has 0 saturated carbocycles. The van der Waals surface area contributed by atoms with E-state index in [1.807, 2.05) is 0 Å². The quantitative estimate of drug-likeness (QED) is 0.872. The fraction of sp³-hybridized carbons (Fsp3) is 0.312. The predicted molar refractivity (Wildman–Crippen MR) is 90.8 cm³/mol. The molecule has 7 nitrogen and oxygen atoms in total. The Morgan fingerprint density at radius 2 is 1.96 bits per heavy atom. The summed E-state index contributed by atoms with van der Waals surface area (Å²) < 4.78 is 30.6. The van der Waals surface area contributed by atoms with Crippen molar-refractivity contribution in [3.05, 3.63) is 35.9 Å². The predicted octanol–water partition coefficient (Wildman–Crippen LogP) is 1.39. The molecule has 1 aliphatic rings. The van der Waals surface area contributed by atoms with Crippen LogP contribution in [-0.4, -0.2) is 56.9 Å². The Labute approximate surface area is 139 Å². The summed E-state index contributed by atoms with van der Waals surface area (Å²) in [7, 11) is -3.45. The smallest absolute Gasteiger partial charge is 0.257 e. The molecule has 0 bridgehead atoms. The molecule has 2 N–H and O–H groups in total. The van der Waals surface area contributed by atoms with Gasteiger partial charge in [0.25, 0.3) is 5.91 Å². The van der Waals surface area contributed by atoms with Crippen LogP contribution in [-0.2, 0) is 14.8 Å². The zero-order valence-electron chi connectivity index (χ0n) is 13.2. The number of carbonyl (C=O) groups excluding carboxylic acids is 1. The van der Waals surface area contributed by atoms with Gasteiger partial charge in [0.1, 0.15) is 5.75 Å². The van der Waals surface area contributed by atoms with E-state index in [1.54, 1.807) is 29.2 Å². The molecular formula is C16H18N2O5S. The number of fused-ring (bicyclic) bond motifs is 1. The van der Waals surface area contributed by atoms with Crippen molar-refractivity contribution in [2.24, 2.45) is 0 Å². The van der Waals surface area contributed by atoms with Crippen molar-refractivity contribution in [1.29, 1.82) is 0 Å². The fourth-order valence-electron chi connectivity index (χ4n) is 2.71. The molecule has 0 aliphatic carbocycles. The molecule has 1 aliphatic heterocycles. The highest BCUT2D eigenvalue weighted by molar-refractivity contribution is 7.92. The SMILES string of the molecule is CS(=O)(=O)Nc1cccc2cc(C(=O)N3CCOCC3)c(O)cc12. The number of sulfonamides is 1. The van der Waals surface area contributed by atoms with Crippen LogP contribution in [0.25, 0.3) is 10.8 Å². The van der Waals surface area contributed by atoms with E-state index >= 15 is 0 Å². The Hall–Kier alpha value is -2.32. The maximum atomic E-state index is 12.6.